The van der Waals surface area contributed by atoms with Crippen molar-refractivity contribution in [2.24, 2.45) is 5.92 Å². The van der Waals surface area contributed by atoms with Gasteiger partial charge in [0.15, 0.2) is 11.5 Å². The number of hydrogen-bond donors (Lipinski definition) is 2. The molecule has 1 saturated carbocycles. The van der Waals surface area contributed by atoms with Crippen LogP contribution in [0.1, 0.15) is 43.6 Å². The second-order valence-electron chi connectivity index (χ2n) is 4.75. The van der Waals surface area contributed by atoms with Gasteiger partial charge in [-0.1, -0.05) is 25.3 Å². The van der Waals surface area contributed by atoms with Gasteiger partial charge in [0.05, 0.1) is 12.0 Å². The van der Waals surface area contributed by atoms with Crippen molar-refractivity contribution in [3.8, 4) is 17.6 Å². The van der Waals surface area contributed by atoms with Crippen LogP contribution in [0.4, 0.5) is 0 Å². The maximum Gasteiger partial charge on any atom is 0.157 e. The van der Waals surface area contributed by atoms with Gasteiger partial charge in [-0.05, 0) is 36.5 Å². The zero-order valence-corrected chi connectivity index (χ0v) is 9.76. The van der Waals surface area contributed by atoms with Crippen molar-refractivity contribution < 1.29 is 10.2 Å². The summed E-state index contributed by atoms with van der Waals surface area (Å²) in [7, 11) is 0. The smallest absolute Gasteiger partial charge is 0.157 e. The Bertz CT molecular complexity index is 430. The summed E-state index contributed by atoms with van der Waals surface area (Å²) in [5, 5.41) is 28.1. The minimum absolute atomic E-state index is 0.130. The Labute approximate surface area is 101 Å². The van der Waals surface area contributed by atoms with Crippen LogP contribution in [0.3, 0.4) is 0 Å². The number of hydrogen-bond acceptors (Lipinski definition) is 3. The number of rotatable bonds is 2. The molecule has 17 heavy (non-hydrogen) atoms. The molecule has 1 aliphatic rings. The third-order valence-corrected chi connectivity index (χ3v) is 3.62. The predicted molar refractivity (Wildman–Crippen MR) is 64.7 cm³/mol. The molecule has 0 heterocycles. The number of phenolic OH excluding ortho intramolecular Hbond substituents is 2. The van der Waals surface area contributed by atoms with E-state index in [1.807, 2.05) is 0 Å². The van der Waals surface area contributed by atoms with Gasteiger partial charge < -0.3 is 10.2 Å². The largest absolute Gasteiger partial charge is 0.504 e. The Morgan fingerprint density at radius 3 is 2.41 bits per heavy atom. The molecule has 0 spiro atoms. The second-order valence-corrected chi connectivity index (χ2v) is 4.75. The average molecular weight is 231 g/mol. The van der Waals surface area contributed by atoms with E-state index in [9.17, 15) is 15.5 Å². The molecule has 3 heteroatoms. The molecule has 1 fully saturated rings. The molecular weight excluding hydrogens is 214 g/mol. The number of nitrogens with zero attached hydrogens (tertiary/aromatic N) is 1. The van der Waals surface area contributed by atoms with E-state index in [2.05, 4.69) is 6.07 Å². The number of benzene rings is 1. The molecule has 0 saturated heterocycles. The van der Waals surface area contributed by atoms with Crippen molar-refractivity contribution in [1.29, 1.82) is 5.26 Å². The van der Waals surface area contributed by atoms with Crippen LogP contribution in [0.15, 0.2) is 18.2 Å². The fraction of sp³-hybridized carbons (Fsp3) is 0.500. The quantitative estimate of drug-likeness (QED) is 0.768. The highest BCUT2D eigenvalue weighted by atomic mass is 16.3. The SMILES string of the molecule is N#CC(c1ccc(O)c(O)c1)C1CCCCC1. The Morgan fingerprint density at radius 1 is 1.12 bits per heavy atom. The van der Waals surface area contributed by atoms with E-state index in [0.29, 0.717) is 5.92 Å². The Morgan fingerprint density at radius 2 is 1.82 bits per heavy atom. The first kappa shape index (κ1) is 11.8. The van der Waals surface area contributed by atoms with Crippen LogP contribution in [0, 0.1) is 17.2 Å². The van der Waals surface area contributed by atoms with Crippen molar-refractivity contribution in [1.82, 2.24) is 0 Å². The monoisotopic (exact) mass is 231 g/mol. The van der Waals surface area contributed by atoms with Crippen LogP contribution < -0.4 is 0 Å². The average Bonchev–Trinajstić information content (AvgIpc) is 2.36. The van der Waals surface area contributed by atoms with Crippen molar-refractivity contribution in [2.75, 3.05) is 0 Å². The van der Waals surface area contributed by atoms with E-state index in [-0.39, 0.29) is 17.4 Å². The molecule has 3 nitrogen and oxygen atoms in total. The topological polar surface area (TPSA) is 64.2 Å². The normalized spacial score (nSPS) is 18.5. The first-order valence-electron chi connectivity index (χ1n) is 6.14. The lowest BCUT2D eigenvalue weighted by Gasteiger charge is -2.26. The summed E-state index contributed by atoms with van der Waals surface area (Å²) in [6.07, 6.45) is 5.80. The number of aromatic hydroxyl groups is 2. The first-order valence-corrected chi connectivity index (χ1v) is 6.14. The standard InChI is InChI=1S/C14H17NO2/c15-9-12(10-4-2-1-3-5-10)11-6-7-13(16)14(17)8-11/h6-8,10,12,16-17H,1-5H2. The molecule has 2 N–H and O–H groups in total. The minimum Gasteiger partial charge on any atom is -0.504 e. The summed E-state index contributed by atoms with van der Waals surface area (Å²) in [5.41, 5.74) is 0.815. The van der Waals surface area contributed by atoms with Crippen LogP contribution in [0.25, 0.3) is 0 Å². The van der Waals surface area contributed by atoms with Gasteiger partial charge in [-0.25, -0.2) is 0 Å². The van der Waals surface area contributed by atoms with Crippen LogP contribution >= 0.6 is 0 Å². The molecule has 1 aromatic rings. The summed E-state index contributed by atoms with van der Waals surface area (Å²) in [4.78, 5) is 0. The van der Waals surface area contributed by atoms with Gasteiger partial charge in [-0.15, -0.1) is 0 Å². The van der Waals surface area contributed by atoms with Crippen LogP contribution in [-0.4, -0.2) is 10.2 Å². The molecule has 0 radical (unpaired) electrons. The maximum absolute atomic E-state index is 9.48. The first-order chi connectivity index (χ1) is 8.22. The zero-order chi connectivity index (χ0) is 12.3. The molecule has 0 aliphatic heterocycles. The molecule has 0 amide bonds. The fourth-order valence-corrected chi connectivity index (χ4v) is 2.65. The third kappa shape index (κ3) is 2.52. The summed E-state index contributed by atoms with van der Waals surface area (Å²) in [6.45, 7) is 0. The lowest BCUT2D eigenvalue weighted by atomic mass is 9.77. The van der Waals surface area contributed by atoms with E-state index >= 15 is 0 Å². The van der Waals surface area contributed by atoms with Gasteiger partial charge in [0, 0.05) is 0 Å². The molecule has 0 bridgehead atoms. The van der Waals surface area contributed by atoms with E-state index in [1.54, 1.807) is 6.07 Å². The van der Waals surface area contributed by atoms with Gasteiger partial charge >= 0.3 is 0 Å². The third-order valence-electron chi connectivity index (χ3n) is 3.62. The molecule has 1 aromatic carbocycles. The van der Waals surface area contributed by atoms with Crippen molar-refractivity contribution >= 4 is 0 Å². The molecular formula is C14H17NO2. The van der Waals surface area contributed by atoms with E-state index in [1.165, 1.54) is 31.4 Å². The number of nitriles is 1. The predicted octanol–water partition coefficient (Wildman–Crippen LogP) is 3.29. The van der Waals surface area contributed by atoms with Crippen LogP contribution in [0.5, 0.6) is 11.5 Å². The summed E-state index contributed by atoms with van der Waals surface area (Å²) in [5.74, 6) is -0.0489. The lowest BCUT2D eigenvalue weighted by molar-refractivity contribution is 0.334. The van der Waals surface area contributed by atoms with Crippen LogP contribution in [0.2, 0.25) is 0 Å². The highest BCUT2D eigenvalue weighted by Crippen LogP contribution is 2.38. The highest BCUT2D eigenvalue weighted by molar-refractivity contribution is 5.43. The van der Waals surface area contributed by atoms with Crippen molar-refractivity contribution in [3.05, 3.63) is 23.8 Å². The number of phenols is 2. The lowest BCUT2D eigenvalue weighted by Crippen LogP contribution is -2.15. The van der Waals surface area contributed by atoms with Crippen molar-refractivity contribution in [2.45, 2.75) is 38.0 Å². The molecule has 2 rings (SSSR count). The molecule has 1 unspecified atom stereocenters. The zero-order valence-electron chi connectivity index (χ0n) is 9.76. The van der Waals surface area contributed by atoms with Gasteiger partial charge in [0.2, 0.25) is 0 Å². The second kappa shape index (κ2) is 5.09. The highest BCUT2D eigenvalue weighted by Gasteiger charge is 2.25. The molecule has 0 aromatic heterocycles. The Kier molecular flexibility index (Phi) is 3.53. The minimum atomic E-state index is -0.165. The maximum atomic E-state index is 9.48. The molecule has 90 valence electrons. The van der Waals surface area contributed by atoms with Crippen molar-refractivity contribution in [3.63, 3.8) is 0 Å². The Balaban J connectivity index is 2.22. The van der Waals surface area contributed by atoms with Gasteiger partial charge in [0.1, 0.15) is 0 Å². The van der Waals surface area contributed by atoms with Gasteiger partial charge in [0.25, 0.3) is 0 Å². The molecule has 1 aliphatic carbocycles. The van der Waals surface area contributed by atoms with E-state index in [0.717, 1.165) is 18.4 Å². The Hall–Kier alpha value is -1.69. The summed E-state index contributed by atoms with van der Waals surface area (Å²) >= 11 is 0. The van der Waals surface area contributed by atoms with Gasteiger partial charge in [-0.3, -0.25) is 0 Å². The van der Waals surface area contributed by atoms with Gasteiger partial charge in [-0.2, -0.15) is 5.26 Å². The summed E-state index contributed by atoms with van der Waals surface area (Å²) in [6, 6.07) is 7.04. The molecule has 1 atom stereocenters. The van der Waals surface area contributed by atoms with Crippen LogP contribution in [-0.2, 0) is 0 Å². The van der Waals surface area contributed by atoms with E-state index < -0.39 is 0 Å². The fourth-order valence-electron chi connectivity index (χ4n) is 2.65. The van der Waals surface area contributed by atoms with E-state index in [4.69, 9.17) is 0 Å². The summed E-state index contributed by atoms with van der Waals surface area (Å²) < 4.78 is 0.